The van der Waals surface area contributed by atoms with Gasteiger partial charge in [0.15, 0.2) is 0 Å². The van der Waals surface area contributed by atoms with Crippen LogP contribution in [-0.2, 0) is 11.2 Å². The number of halogens is 2. The first-order chi connectivity index (χ1) is 17.9. The van der Waals surface area contributed by atoms with Gasteiger partial charge >= 0.3 is 6.03 Å². The lowest BCUT2D eigenvalue weighted by Gasteiger charge is -2.14. The van der Waals surface area contributed by atoms with Gasteiger partial charge in [-0.05, 0) is 41.3 Å². The molecule has 0 aliphatic rings. The Morgan fingerprint density at radius 3 is 2.43 bits per heavy atom. The average Bonchev–Trinajstić information content (AvgIpc) is 3.56. The number of aliphatic hydroxyl groups is 2. The van der Waals surface area contributed by atoms with Crippen molar-refractivity contribution in [2.45, 2.75) is 12.5 Å². The van der Waals surface area contributed by atoms with E-state index in [9.17, 15) is 9.59 Å². The van der Waals surface area contributed by atoms with Crippen LogP contribution in [0, 0.1) is 0 Å². The maximum absolute atomic E-state index is 12.8. The Morgan fingerprint density at radius 2 is 1.76 bits per heavy atom. The third-order valence-corrected chi connectivity index (χ3v) is 6.99. The van der Waals surface area contributed by atoms with Gasteiger partial charge in [-0.15, -0.1) is 11.3 Å². The smallest absolute Gasteiger partial charge is 0.324 e. The van der Waals surface area contributed by atoms with E-state index in [0.29, 0.717) is 27.9 Å². The number of urea groups is 1. The summed E-state index contributed by atoms with van der Waals surface area (Å²) in [4.78, 5) is 25.9. The fourth-order valence-corrected chi connectivity index (χ4v) is 4.48. The molecule has 2 aromatic carbocycles. The van der Waals surface area contributed by atoms with Crippen molar-refractivity contribution in [3.63, 3.8) is 0 Å². The number of nitrogens with one attached hydrogen (secondary N) is 3. The molecule has 37 heavy (non-hydrogen) atoms. The number of benzene rings is 2. The van der Waals surface area contributed by atoms with Crippen molar-refractivity contribution in [3.8, 4) is 16.3 Å². The summed E-state index contributed by atoms with van der Waals surface area (Å²) in [6.45, 7) is -0.695. The van der Waals surface area contributed by atoms with Crippen molar-refractivity contribution < 1.29 is 19.8 Å². The van der Waals surface area contributed by atoms with Gasteiger partial charge in [-0.1, -0.05) is 47.5 Å². The number of carbonyl (C=O) groups excluding carboxylic acids is 2. The van der Waals surface area contributed by atoms with Crippen LogP contribution in [0.4, 0.5) is 16.3 Å². The van der Waals surface area contributed by atoms with E-state index in [0.717, 1.165) is 10.4 Å². The predicted octanol–water partition coefficient (Wildman–Crippen LogP) is 4.56. The van der Waals surface area contributed by atoms with Crippen LogP contribution in [0.15, 0.2) is 66.0 Å². The molecule has 4 aromatic rings. The number of anilines is 2. The molecule has 2 aromatic heterocycles. The Kier molecular flexibility index (Phi) is 8.80. The summed E-state index contributed by atoms with van der Waals surface area (Å²) in [5.74, 6) is 0.0944. The fraction of sp³-hybridized carbons (Fsp3) is 0.160. The number of aliphatic hydroxyl groups excluding tert-OH is 2. The molecule has 0 spiro atoms. The summed E-state index contributed by atoms with van der Waals surface area (Å²) in [6, 6.07) is 16.4. The zero-order valence-corrected chi connectivity index (χ0v) is 21.6. The van der Waals surface area contributed by atoms with E-state index in [1.807, 2.05) is 17.5 Å². The maximum Gasteiger partial charge on any atom is 0.324 e. The molecule has 4 rings (SSSR count). The molecule has 0 atom stereocenters. The molecular formula is C25H23Cl2N5O4S. The number of hydrogen-bond acceptors (Lipinski definition) is 6. The molecule has 0 bridgehead atoms. The van der Waals surface area contributed by atoms with Crippen molar-refractivity contribution in [3.05, 3.63) is 81.7 Å². The standard InChI is InChI=1S/C25H23Cl2N5O4S/c26-18-3-1-4-19(24(18)27)29-25(36)30-22-12-20(21-5-2-10-37-21)31-32(22)17-8-6-15(7-9-17)11-23(35)28-16(13-33)14-34/h1-10,12,16,33-34H,11,13-14H2,(H,28,35)(H2,29,30,36). The molecule has 0 saturated heterocycles. The highest BCUT2D eigenvalue weighted by Gasteiger charge is 2.16. The number of aromatic nitrogens is 2. The van der Waals surface area contributed by atoms with Crippen LogP contribution in [0.25, 0.3) is 16.3 Å². The monoisotopic (exact) mass is 559 g/mol. The minimum Gasteiger partial charge on any atom is -0.394 e. The molecule has 9 nitrogen and oxygen atoms in total. The van der Waals surface area contributed by atoms with Gasteiger partial charge in [0, 0.05) is 6.07 Å². The zero-order chi connectivity index (χ0) is 26.4. The number of hydrogen-bond donors (Lipinski definition) is 5. The van der Waals surface area contributed by atoms with Crippen LogP contribution in [-0.4, -0.2) is 51.2 Å². The predicted molar refractivity (Wildman–Crippen MR) is 146 cm³/mol. The number of nitrogens with zero attached hydrogens (tertiary/aromatic N) is 2. The Balaban J connectivity index is 1.55. The molecule has 3 amide bonds. The van der Waals surface area contributed by atoms with E-state index in [1.54, 1.807) is 53.2 Å². The van der Waals surface area contributed by atoms with Crippen LogP contribution in [0.2, 0.25) is 10.0 Å². The zero-order valence-electron chi connectivity index (χ0n) is 19.3. The van der Waals surface area contributed by atoms with Crippen molar-refractivity contribution in [1.82, 2.24) is 15.1 Å². The lowest BCUT2D eigenvalue weighted by Crippen LogP contribution is -2.40. The number of rotatable bonds is 9. The molecule has 5 N–H and O–H groups in total. The first-order valence-corrected chi connectivity index (χ1v) is 12.8. The van der Waals surface area contributed by atoms with E-state index in [-0.39, 0.29) is 30.6 Å². The highest BCUT2D eigenvalue weighted by atomic mass is 35.5. The first-order valence-electron chi connectivity index (χ1n) is 11.1. The SMILES string of the molecule is O=C(Cc1ccc(-n2nc(-c3cccs3)cc2NC(=O)Nc2cccc(Cl)c2Cl)cc1)NC(CO)CO. The fourth-order valence-electron chi connectivity index (χ4n) is 3.45. The minimum absolute atomic E-state index is 0.0737. The molecule has 0 aliphatic carbocycles. The largest absolute Gasteiger partial charge is 0.394 e. The van der Waals surface area contributed by atoms with E-state index < -0.39 is 12.1 Å². The summed E-state index contributed by atoms with van der Waals surface area (Å²) in [5, 5.41) is 33.5. The Bertz CT molecular complexity index is 1370. The Morgan fingerprint density at radius 1 is 1.00 bits per heavy atom. The van der Waals surface area contributed by atoms with E-state index in [2.05, 4.69) is 21.0 Å². The summed E-state index contributed by atoms with van der Waals surface area (Å²) < 4.78 is 1.59. The van der Waals surface area contributed by atoms with Crippen molar-refractivity contribution in [2.24, 2.45) is 0 Å². The molecule has 0 fully saturated rings. The molecule has 192 valence electrons. The summed E-state index contributed by atoms with van der Waals surface area (Å²) in [5.41, 5.74) is 2.42. The van der Waals surface area contributed by atoms with Gasteiger partial charge in [-0.2, -0.15) is 5.10 Å². The molecule has 0 saturated carbocycles. The molecule has 2 heterocycles. The normalized spacial score (nSPS) is 10.9. The van der Waals surface area contributed by atoms with Gasteiger partial charge in [-0.3, -0.25) is 10.1 Å². The Hall–Kier alpha value is -3.41. The second-order valence-electron chi connectivity index (χ2n) is 7.96. The lowest BCUT2D eigenvalue weighted by atomic mass is 10.1. The van der Waals surface area contributed by atoms with Gasteiger partial charge in [0.25, 0.3) is 0 Å². The lowest BCUT2D eigenvalue weighted by molar-refractivity contribution is -0.121. The number of carbonyl (C=O) groups is 2. The third kappa shape index (κ3) is 6.68. The van der Waals surface area contributed by atoms with Gasteiger partial charge in [0.05, 0.1) is 52.0 Å². The van der Waals surface area contributed by atoms with Crippen LogP contribution in [0.5, 0.6) is 0 Å². The summed E-state index contributed by atoms with van der Waals surface area (Å²) >= 11 is 13.8. The van der Waals surface area contributed by atoms with Crippen LogP contribution < -0.4 is 16.0 Å². The Labute approximate surface area is 226 Å². The highest BCUT2D eigenvalue weighted by molar-refractivity contribution is 7.13. The van der Waals surface area contributed by atoms with Gasteiger partial charge in [0.1, 0.15) is 11.5 Å². The molecule has 0 unspecified atom stereocenters. The second kappa shape index (κ2) is 12.2. The molecule has 12 heteroatoms. The topological polar surface area (TPSA) is 129 Å². The van der Waals surface area contributed by atoms with Gasteiger partial charge < -0.3 is 20.8 Å². The van der Waals surface area contributed by atoms with Crippen molar-refractivity contribution >= 4 is 58.0 Å². The first kappa shape index (κ1) is 26.6. The van der Waals surface area contributed by atoms with Crippen molar-refractivity contribution in [2.75, 3.05) is 23.8 Å². The van der Waals surface area contributed by atoms with E-state index in [4.69, 9.17) is 33.4 Å². The minimum atomic E-state index is -0.701. The highest BCUT2D eigenvalue weighted by Crippen LogP contribution is 2.31. The van der Waals surface area contributed by atoms with E-state index in [1.165, 1.54) is 11.3 Å². The molecule has 0 aliphatic heterocycles. The quantitative estimate of drug-likeness (QED) is 0.205. The number of amides is 3. The summed E-state index contributed by atoms with van der Waals surface area (Å²) in [6.07, 6.45) is 0.0737. The number of thiophene rings is 1. The van der Waals surface area contributed by atoms with Crippen LogP contribution in [0.3, 0.4) is 0 Å². The van der Waals surface area contributed by atoms with Crippen molar-refractivity contribution in [1.29, 1.82) is 0 Å². The van der Waals surface area contributed by atoms with Crippen LogP contribution >= 0.6 is 34.5 Å². The van der Waals surface area contributed by atoms with Crippen LogP contribution in [0.1, 0.15) is 5.56 Å². The maximum atomic E-state index is 12.8. The third-order valence-electron chi connectivity index (χ3n) is 5.28. The molecular weight excluding hydrogens is 537 g/mol. The van der Waals surface area contributed by atoms with E-state index >= 15 is 0 Å². The average molecular weight is 560 g/mol. The second-order valence-corrected chi connectivity index (χ2v) is 9.69. The summed E-state index contributed by atoms with van der Waals surface area (Å²) in [7, 11) is 0. The molecule has 0 radical (unpaired) electrons. The van der Waals surface area contributed by atoms with Gasteiger partial charge in [-0.25, -0.2) is 9.48 Å². The van der Waals surface area contributed by atoms with Gasteiger partial charge in [0.2, 0.25) is 5.91 Å².